The number of nitrogens with one attached hydrogen (secondary N) is 1. The van der Waals surface area contributed by atoms with Crippen LogP contribution in [0, 0.1) is 5.92 Å². The minimum absolute atomic E-state index is 0.240. The Morgan fingerprint density at radius 2 is 2.05 bits per heavy atom. The summed E-state index contributed by atoms with van der Waals surface area (Å²) in [6, 6.07) is 0. The zero-order valence-corrected chi connectivity index (χ0v) is 10.6. The summed E-state index contributed by atoms with van der Waals surface area (Å²) >= 11 is 0. The van der Waals surface area contributed by atoms with Crippen LogP contribution in [0.15, 0.2) is 5.16 Å². The van der Waals surface area contributed by atoms with Crippen LogP contribution in [-0.2, 0) is 4.74 Å². The fraction of sp³-hybridized carbons (Fsp3) is 0.909. The van der Waals surface area contributed by atoms with Crippen LogP contribution in [0.4, 0.5) is 13.2 Å². The molecular weight excluding hydrogens is 263 g/mol. The molecule has 0 bridgehead atoms. The zero-order valence-electron chi connectivity index (χ0n) is 10.6. The summed E-state index contributed by atoms with van der Waals surface area (Å²) in [5.74, 6) is -2.82. The van der Waals surface area contributed by atoms with Crippen molar-refractivity contribution < 1.29 is 23.1 Å². The first-order chi connectivity index (χ1) is 8.95. The highest BCUT2D eigenvalue weighted by molar-refractivity contribution is 5.83. The van der Waals surface area contributed by atoms with Crippen LogP contribution in [0.1, 0.15) is 25.7 Å². The van der Waals surface area contributed by atoms with Crippen LogP contribution < -0.4 is 11.1 Å². The number of nitrogens with zero attached hydrogens (tertiary/aromatic N) is 1. The molecule has 1 unspecified atom stereocenters. The van der Waals surface area contributed by atoms with Gasteiger partial charge in [0.15, 0.2) is 5.84 Å². The summed E-state index contributed by atoms with van der Waals surface area (Å²) in [6.45, 7) is 0.251. The fourth-order valence-corrected chi connectivity index (χ4v) is 2.06. The third kappa shape index (κ3) is 5.65. The minimum atomic E-state index is -4.53. The van der Waals surface area contributed by atoms with Gasteiger partial charge in [-0.1, -0.05) is 18.0 Å². The highest BCUT2D eigenvalue weighted by atomic mass is 19.4. The molecule has 5 nitrogen and oxygen atoms in total. The van der Waals surface area contributed by atoms with Gasteiger partial charge in [0.25, 0.3) is 0 Å². The van der Waals surface area contributed by atoms with Gasteiger partial charge < -0.3 is 21.0 Å². The maximum Gasteiger partial charge on any atom is 0.400 e. The predicted octanol–water partition coefficient (Wildman–Crippen LogP) is 1.46. The molecule has 0 amide bonds. The molecule has 0 aromatic heterocycles. The second kappa shape index (κ2) is 7.54. The largest absolute Gasteiger partial charge is 0.409 e. The Morgan fingerprint density at radius 1 is 1.42 bits per heavy atom. The van der Waals surface area contributed by atoms with E-state index in [0.717, 1.165) is 25.7 Å². The standard InChI is InChI=1S/C11H20F3N3O2/c12-11(13,14)9(10(15)17-18)7-16-5-6-19-8-3-1-2-4-8/h8-9,16,18H,1-7H2,(H2,15,17). The number of halogens is 3. The van der Waals surface area contributed by atoms with Crippen LogP contribution in [0.5, 0.6) is 0 Å². The number of rotatable bonds is 7. The van der Waals surface area contributed by atoms with Crippen molar-refractivity contribution in [3.63, 3.8) is 0 Å². The van der Waals surface area contributed by atoms with E-state index in [1.807, 2.05) is 0 Å². The van der Waals surface area contributed by atoms with Crippen LogP contribution in [0.25, 0.3) is 0 Å². The number of ether oxygens (including phenoxy) is 1. The average molecular weight is 283 g/mol. The highest BCUT2D eigenvalue weighted by Crippen LogP contribution is 2.25. The average Bonchev–Trinajstić information content (AvgIpc) is 2.84. The van der Waals surface area contributed by atoms with Gasteiger partial charge in [0.05, 0.1) is 12.7 Å². The first-order valence-electron chi connectivity index (χ1n) is 6.31. The Morgan fingerprint density at radius 3 is 2.58 bits per heavy atom. The summed E-state index contributed by atoms with van der Waals surface area (Å²) in [4.78, 5) is 0. The molecule has 112 valence electrons. The maximum absolute atomic E-state index is 12.6. The molecule has 0 spiro atoms. The Hall–Kier alpha value is -1.02. The molecule has 1 saturated carbocycles. The van der Waals surface area contributed by atoms with Crippen LogP contribution in [0.2, 0.25) is 0 Å². The minimum Gasteiger partial charge on any atom is -0.409 e. The number of nitrogens with two attached hydrogens (primary N) is 1. The molecular formula is C11H20F3N3O2. The smallest absolute Gasteiger partial charge is 0.400 e. The van der Waals surface area contributed by atoms with Gasteiger partial charge in [-0.15, -0.1) is 0 Å². The topological polar surface area (TPSA) is 79.9 Å². The summed E-state index contributed by atoms with van der Waals surface area (Å²) in [6.07, 6.45) is 0.0553. The van der Waals surface area contributed by atoms with Crippen molar-refractivity contribution in [1.29, 1.82) is 0 Å². The molecule has 0 aromatic rings. The molecule has 19 heavy (non-hydrogen) atoms. The van der Waals surface area contributed by atoms with Gasteiger partial charge in [-0.25, -0.2) is 0 Å². The van der Waals surface area contributed by atoms with Crippen molar-refractivity contribution in [2.75, 3.05) is 19.7 Å². The van der Waals surface area contributed by atoms with E-state index in [1.165, 1.54) is 0 Å². The number of amidine groups is 1. The van der Waals surface area contributed by atoms with E-state index < -0.39 is 24.5 Å². The Kier molecular flexibility index (Phi) is 6.36. The molecule has 0 heterocycles. The third-order valence-electron chi connectivity index (χ3n) is 3.15. The lowest BCUT2D eigenvalue weighted by Crippen LogP contribution is -2.43. The van der Waals surface area contributed by atoms with Crippen LogP contribution >= 0.6 is 0 Å². The lowest BCUT2D eigenvalue weighted by molar-refractivity contribution is -0.155. The highest BCUT2D eigenvalue weighted by Gasteiger charge is 2.42. The molecule has 0 aliphatic heterocycles. The molecule has 1 aliphatic carbocycles. The second-order valence-electron chi connectivity index (χ2n) is 4.60. The van der Waals surface area contributed by atoms with E-state index in [9.17, 15) is 13.2 Å². The Bertz CT molecular complexity index is 291. The molecule has 0 saturated heterocycles. The van der Waals surface area contributed by atoms with Gasteiger partial charge >= 0.3 is 6.18 Å². The number of hydrogen-bond acceptors (Lipinski definition) is 4. The van der Waals surface area contributed by atoms with Crippen molar-refractivity contribution in [2.24, 2.45) is 16.8 Å². The van der Waals surface area contributed by atoms with Gasteiger partial charge in [-0.05, 0) is 12.8 Å². The lowest BCUT2D eigenvalue weighted by atomic mass is 10.1. The zero-order chi connectivity index (χ0) is 14.3. The quantitative estimate of drug-likeness (QED) is 0.217. The molecule has 1 rings (SSSR count). The number of hydrogen-bond donors (Lipinski definition) is 3. The van der Waals surface area contributed by atoms with Crippen LogP contribution in [0.3, 0.4) is 0 Å². The summed E-state index contributed by atoms with van der Waals surface area (Å²) < 4.78 is 43.2. The second-order valence-corrected chi connectivity index (χ2v) is 4.60. The number of alkyl halides is 3. The molecule has 1 aliphatic rings. The Balaban J connectivity index is 2.21. The van der Waals surface area contributed by atoms with E-state index >= 15 is 0 Å². The molecule has 1 fully saturated rings. The van der Waals surface area contributed by atoms with Crippen molar-refractivity contribution in [2.45, 2.75) is 38.0 Å². The van der Waals surface area contributed by atoms with Crippen molar-refractivity contribution in [1.82, 2.24) is 5.32 Å². The monoisotopic (exact) mass is 283 g/mol. The first kappa shape index (κ1) is 16.0. The van der Waals surface area contributed by atoms with E-state index in [0.29, 0.717) is 13.2 Å². The van der Waals surface area contributed by atoms with Crippen molar-refractivity contribution >= 4 is 5.84 Å². The van der Waals surface area contributed by atoms with Gasteiger partial charge in [0.2, 0.25) is 0 Å². The van der Waals surface area contributed by atoms with E-state index in [2.05, 4.69) is 10.5 Å². The lowest BCUT2D eigenvalue weighted by Gasteiger charge is -2.19. The first-order valence-corrected chi connectivity index (χ1v) is 6.31. The normalized spacial score (nSPS) is 19.8. The summed E-state index contributed by atoms with van der Waals surface area (Å²) in [7, 11) is 0. The molecule has 0 radical (unpaired) electrons. The third-order valence-corrected chi connectivity index (χ3v) is 3.15. The fourth-order valence-electron chi connectivity index (χ4n) is 2.06. The predicted molar refractivity (Wildman–Crippen MR) is 64.0 cm³/mol. The molecule has 0 aromatic carbocycles. The summed E-state index contributed by atoms with van der Waals surface area (Å²) in [5.41, 5.74) is 5.03. The molecule has 4 N–H and O–H groups in total. The van der Waals surface area contributed by atoms with Gasteiger partial charge in [0, 0.05) is 13.1 Å². The van der Waals surface area contributed by atoms with E-state index in [1.54, 1.807) is 0 Å². The van der Waals surface area contributed by atoms with E-state index in [4.69, 9.17) is 15.7 Å². The Labute approximate surface area is 110 Å². The molecule has 8 heteroatoms. The SMILES string of the molecule is NC(=NO)C(CNCCOC1CCCC1)C(F)(F)F. The van der Waals surface area contributed by atoms with Gasteiger partial charge in [-0.2, -0.15) is 13.2 Å². The van der Waals surface area contributed by atoms with Crippen molar-refractivity contribution in [3.05, 3.63) is 0 Å². The number of oxime groups is 1. The molecule has 1 atom stereocenters. The summed E-state index contributed by atoms with van der Waals surface area (Å²) in [5, 5.41) is 13.4. The van der Waals surface area contributed by atoms with Crippen molar-refractivity contribution in [3.8, 4) is 0 Å². The van der Waals surface area contributed by atoms with Gasteiger partial charge in [-0.3, -0.25) is 0 Å². The maximum atomic E-state index is 12.6. The van der Waals surface area contributed by atoms with Crippen LogP contribution in [-0.4, -0.2) is 43.0 Å². The van der Waals surface area contributed by atoms with E-state index in [-0.39, 0.29) is 6.10 Å². The van der Waals surface area contributed by atoms with Gasteiger partial charge in [0.1, 0.15) is 5.92 Å².